The van der Waals surface area contributed by atoms with Gasteiger partial charge in [-0.2, -0.15) is 0 Å². The Kier molecular flexibility index (Phi) is 3.82. The van der Waals surface area contributed by atoms with E-state index in [1.54, 1.807) is 0 Å². The second-order valence-electron chi connectivity index (χ2n) is 7.04. The van der Waals surface area contributed by atoms with Crippen LogP contribution in [-0.4, -0.2) is 33.7 Å². The maximum atomic E-state index is 12.6. The van der Waals surface area contributed by atoms with Crippen molar-refractivity contribution in [1.29, 1.82) is 0 Å². The van der Waals surface area contributed by atoms with Gasteiger partial charge < -0.3 is 10.0 Å². The maximum Gasteiger partial charge on any atom is 0.323 e. The van der Waals surface area contributed by atoms with Crippen LogP contribution in [0.15, 0.2) is 41.5 Å². The van der Waals surface area contributed by atoms with Gasteiger partial charge in [-0.1, -0.05) is 24.3 Å². The van der Waals surface area contributed by atoms with E-state index in [0.29, 0.717) is 5.82 Å². The van der Waals surface area contributed by atoms with Gasteiger partial charge in [0.1, 0.15) is 6.54 Å². The first-order valence-corrected chi connectivity index (χ1v) is 8.70. The highest BCUT2D eigenvalue weighted by Gasteiger charge is 2.43. The third kappa shape index (κ3) is 2.71. The minimum Gasteiger partial charge on any atom is -0.480 e. The smallest absolute Gasteiger partial charge is 0.323 e. The van der Waals surface area contributed by atoms with Gasteiger partial charge >= 0.3 is 5.97 Å². The molecule has 1 aromatic carbocycles. The van der Waals surface area contributed by atoms with Crippen LogP contribution in [0.5, 0.6) is 0 Å². The van der Waals surface area contributed by atoms with Crippen LogP contribution >= 0.6 is 0 Å². The van der Waals surface area contributed by atoms with Crippen molar-refractivity contribution in [2.45, 2.75) is 37.6 Å². The van der Waals surface area contributed by atoms with Crippen LogP contribution in [0.1, 0.15) is 30.4 Å². The number of aliphatic carboxylic acids is 1. The van der Waals surface area contributed by atoms with Gasteiger partial charge in [-0.25, -0.2) is 4.98 Å². The van der Waals surface area contributed by atoms with Crippen LogP contribution in [0.2, 0.25) is 0 Å². The summed E-state index contributed by atoms with van der Waals surface area (Å²) in [5, 5.41) is 8.96. The van der Waals surface area contributed by atoms with Gasteiger partial charge in [0.15, 0.2) is 5.82 Å². The molecule has 1 N–H and O–H groups in total. The summed E-state index contributed by atoms with van der Waals surface area (Å²) in [5.74, 6) is -0.665. The molecule has 4 rings (SSSR count). The zero-order valence-corrected chi connectivity index (χ0v) is 14.0. The largest absolute Gasteiger partial charge is 0.480 e. The minimum absolute atomic E-state index is 0.0798. The fourth-order valence-electron chi connectivity index (χ4n) is 4.41. The van der Waals surface area contributed by atoms with Crippen molar-refractivity contribution in [3.05, 3.63) is 58.1 Å². The molecule has 130 valence electrons. The molecule has 1 saturated heterocycles. The SMILES string of the molecule is O=C(O)Cn1ccnc(N2CCC3(CCCc4ccccc43)C2)c1=O. The van der Waals surface area contributed by atoms with E-state index in [4.69, 9.17) is 5.11 Å². The Morgan fingerprint density at radius 3 is 2.96 bits per heavy atom. The van der Waals surface area contributed by atoms with Gasteiger partial charge in [-0.05, 0) is 36.8 Å². The molecular weight excluding hydrogens is 318 g/mol. The van der Waals surface area contributed by atoms with Gasteiger partial charge in [0.25, 0.3) is 5.56 Å². The zero-order valence-electron chi connectivity index (χ0n) is 14.0. The van der Waals surface area contributed by atoms with Crippen LogP contribution in [-0.2, 0) is 23.2 Å². The summed E-state index contributed by atoms with van der Waals surface area (Å²) in [7, 11) is 0. The number of aromatic nitrogens is 2. The molecule has 25 heavy (non-hydrogen) atoms. The van der Waals surface area contributed by atoms with Crippen LogP contribution in [0.4, 0.5) is 5.82 Å². The molecule has 2 aliphatic rings. The Morgan fingerprint density at radius 2 is 2.12 bits per heavy atom. The van der Waals surface area contributed by atoms with E-state index < -0.39 is 5.97 Å². The van der Waals surface area contributed by atoms with Crippen molar-refractivity contribution in [3.63, 3.8) is 0 Å². The molecule has 0 saturated carbocycles. The molecule has 1 spiro atoms. The lowest BCUT2D eigenvalue weighted by Crippen LogP contribution is -2.37. The van der Waals surface area contributed by atoms with Crippen LogP contribution in [0, 0.1) is 0 Å². The highest BCUT2D eigenvalue weighted by atomic mass is 16.4. The average Bonchev–Trinajstić information content (AvgIpc) is 3.01. The third-order valence-corrected chi connectivity index (χ3v) is 5.54. The van der Waals surface area contributed by atoms with E-state index >= 15 is 0 Å². The second-order valence-corrected chi connectivity index (χ2v) is 7.04. The van der Waals surface area contributed by atoms with E-state index in [0.717, 1.165) is 38.8 Å². The summed E-state index contributed by atoms with van der Waals surface area (Å²) < 4.78 is 1.21. The molecule has 1 fully saturated rings. The molecule has 6 heteroatoms. The van der Waals surface area contributed by atoms with E-state index in [1.165, 1.54) is 28.1 Å². The standard InChI is InChI=1S/C19H21N3O3/c23-16(24)12-21-11-9-20-17(18(21)25)22-10-8-19(13-22)7-3-5-14-4-1-2-6-15(14)19/h1-2,4,6,9,11H,3,5,7-8,10,12-13H2,(H,23,24). The number of benzene rings is 1. The Balaban J connectivity index is 1.66. The Morgan fingerprint density at radius 1 is 1.28 bits per heavy atom. The molecule has 2 heterocycles. The van der Waals surface area contributed by atoms with Crippen molar-refractivity contribution >= 4 is 11.8 Å². The number of rotatable bonds is 3. The highest BCUT2D eigenvalue weighted by Crippen LogP contribution is 2.44. The molecule has 2 aromatic rings. The molecule has 1 unspecified atom stereocenters. The number of hydrogen-bond donors (Lipinski definition) is 1. The number of carboxylic acids is 1. The highest BCUT2D eigenvalue weighted by molar-refractivity contribution is 5.66. The summed E-state index contributed by atoms with van der Waals surface area (Å²) >= 11 is 0. The number of aryl methyl sites for hydroxylation is 1. The van der Waals surface area contributed by atoms with Gasteiger partial charge in [0.2, 0.25) is 0 Å². The first-order chi connectivity index (χ1) is 12.1. The normalized spacial score (nSPS) is 22.2. The Labute approximate surface area is 145 Å². The Bertz CT molecular complexity index is 876. The molecule has 0 radical (unpaired) electrons. The van der Waals surface area contributed by atoms with Gasteiger partial charge in [-0.15, -0.1) is 0 Å². The summed E-state index contributed by atoms with van der Waals surface area (Å²) in [6, 6.07) is 8.61. The van der Waals surface area contributed by atoms with Gasteiger partial charge in [0, 0.05) is 30.9 Å². The van der Waals surface area contributed by atoms with Crippen LogP contribution in [0.25, 0.3) is 0 Å². The van der Waals surface area contributed by atoms with Crippen molar-refractivity contribution < 1.29 is 9.90 Å². The summed E-state index contributed by atoms with van der Waals surface area (Å²) in [6.45, 7) is 1.20. The van der Waals surface area contributed by atoms with Crippen LogP contribution in [0.3, 0.4) is 0 Å². The predicted molar refractivity (Wildman–Crippen MR) is 94.0 cm³/mol. The molecule has 1 aromatic heterocycles. The lowest BCUT2D eigenvalue weighted by Gasteiger charge is -2.36. The monoisotopic (exact) mass is 339 g/mol. The molecule has 1 atom stereocenters. The van der Waals surface area contributed by atoms with Crippen molar-refractivity contribution in [2.75, 3.05) is 18.0 Å². The lowest BCUT2D eigenvalue weighted by atomic mass is 9.69. The zero-order chi connectivity index (χ0) is 17.4. The van der Waals surface area contributed by atoms with Crippen molar-refractivity contribution in [1.82, 2.24) is 9.55 Å². The van der Waals surface area contributed by atoms with E-state index in [2.05, 4.69) is 29.2 Å². The molecule has 0 amide bonds. The number of nitrogens with zero attached hydrogens (tertiary/aromatic N) is 3. The van der Waals surface area contributed by atoms with E-state index in [9.17, 15) is 9.59 Å². The fraction of sp³-hybridized carbons (Fsp3) is 0.421. The van der Waals surface area contributed by atoms with Crippen molar-refractivity contribution in [3.8, 4) is 0 Å². The first-order valence-electron chi connectivity index (χ1n) is 8.70. The van der Waals surface area contributed by atoms with E-state index in [-0.39, 0.29) is 17.5 Å². The summed E-state index contributed by atoms with van der Waals surface area (Å²) in [4.78, 5) is 29.8. The quantitative estimate of drug-likeness (QED) is 0.923. The topological polar surface area (TPSA) is 75.4 Å². The average molecular weight is 339 g/mol. The summed E-state index contributed by atoms with van der Waals surface area (Å²) in [6.07, 6.45) is 7.35. The number of hydrogen-bond acceptors (Lipinski definition) is 4. The maximum absolute atomic E-state index is 12.6. The molecular formula is C19H21N3O3. The lowest BCUT2D eigenvalue weighted by molar-refractivity contribution is -0.137. The number of fused-ring (bicyclic) bond motifs is 2. The van der Waals surface area contributed by atoms with Crippen molar-refractivity contribution in [2.24, 2.45) is 0 Å². The van der Waals surface area contributed by atoms with Crippen LogP contribution < -0.4 is 10.5 Å². The van der Waals surface area contributed by atoms with Gasteiger partial charge in [-0.3, -0.25) is 14.2 Å². The second kappa shape index (κ2) is 6.02. The molecule has 1 aliphatic carbocycles. The Hall–Kier alpha value is -2.63. The minimum atomic E-state index is -1.03. The third-order valence-electron chi connectivity index (χ3n) is 5.54. The first kappa shape index (κ1) is 15.9. The fourth-order valence-corrected chi connectivity index (χ4v) is 4.41. The number of carboxylic acid groups (broad SMARTS) is 1. The number of anilines is 1. The molecule has 0 bridgehead atoms. The van der Waals surface area contributed by atoms with E-state index in [1.807, 2.05) is 4.90 Å². The van der Waals surface area contributed by atoms with Gasteiger partial charge in [0.05, 0.1) is 0 Å². The summed E-state index contributed by atoms with van der Waals surface area (Å²) in [5.41, 5.74) is 2.58. The predicted octanol–water partition coefficient (Wildman–Crippen LogP) is 1.81. The molecule has 1 aliphatic heterocycles. The molecule has 6 nitrogen and oxygen atoms in total. The number of carbonyl (C=O) groups is 1.